The largest absolute Gasteiger partial charge is 0.418 e. The molecule has 0 spiro atoms. The first-order valence-corrected chi connectivity index (χ1v) is 17.0. The Bertz CT molecular complexity index is 1690. The molecule has 0 bridgehead atoms. The number of nitrogens with zero attached hydrogens (tertiary/aromatic N) is 1. The predicted octanol–water partition coefficient (Wildman–Crippen LogP) is 4.02. The number of alkyl halides is 3. The number of aryl methyl sites for hydroxylation is 1. The summed E-state index contributed by atoms with van der Waals surface area (Å²) in [6.45, 7) is 9.81. The summed E-state index contributed by atoms with van der Waals surface area (Å²) < 4.78 is 56.0. The maximum Gasteiger partial charge on any atom is 0.418 e. The molecule has 0 fully saturated rings. The van der Waals surface area contributed by atoms with Crippen molar-refractivity contribution in [3.63, 3.8) is 0 Å². The molecule has 3 atom stereocenters. The van der Waals surface area contributed by atoms with Crippen LogP contribution in [-0.2, 0) is 44.6 Å². The van der Waals surface area contributed by atoms with Gasteiger partial charge in [-0.25, -0.2) is 4.39 Å². The smallest absolute Gasteiger partial charge is 0.358 e. The van der Waals surface area contributed by atoms with Crippen molar-refractivity contribution in [2.75, 3.05) is 32.7 Å². The van der Waals surface area contributed by atoms with Crippen molar-refractivity contribution in [1.29, 1.82) is 0 Å². The number of H-pyrrole nitrogens is 1. The number of carbonyl (C=O) groups is 4. The average molecular weight is 703 g/mol. The van der Waals surface area contributed by atoms with E-state index < -0.39 is 58.7 Å². The number of hydrogen-bond acceptors (Lipinski definition) is 5. The lowest BCUT2D eigenvalue weighted by Crippen LogP contribution is -2.65. The number of aromatic amines is 1. The van der Waals surface area contributed by atoms with Crippen LogP contribution in [0.4, 0.5) is 17.6 Å². The minimum absolute atomic E-state index is 0.00568. The molecule has 50 heavy (non-hydrogen) atoms. The molecule has 0 aliphatic heterocycles. The quantitative estimate of drug-likeness (QED) is 0.153. The van der Waals surface area contributed by atoms with E-state index in [1.807, 2.05) is 20.8 Å². The SMILES string of the molecule is CCC(C)C(NC(=O)Cc1ccccc1F)C(=O)N[C@]1(C(=O)NCC(=O)NCCN(CC)CC)CCc2[nH]c3c(C(F)(F)F)cccc3c2C1. The standard InChI is InChI=1S/C36H46F4N6O4/c1-5-22(4)31(44-29(47)19-23-11-8-9-14-27(23)37)33(49)45-35(34(50)42-21-30(48)41-17-18-46(6-2)7-3)16-15-28-25(20-35)24-12-10-13-26(32(24)43-28)36(38,39)40/h8-14,22,31,43H,5-7,15-21H2,1-4H3,(H,41,48)(H,42,50)(H,44,47)(H,45,49)/t22?,31?,35-/m1/s1. The number of halogens is 4. The molecular formula is C36H46F4N6O4. The monoisotopic (exact) mass is 702 g/mol. The molecule has 1 heterocycles. The van der Waals surface area contributed by atoms with E-state index in [4.69, 9.17) is 0 Å². The van der Waals surface area contributed by atoms with Gasteiger partial charge in [-0.15, -0.1) is 0 Å². The van der Waals surface area contributed by atoms with Gasteiger partial charge in [0.25, 0.3) is 0 Å². The fourth-order valence-electron chi connectivity index (χ4n) is 6.40. The zero-order valence-corrected chi connectivity index (χ0v) is 28.9. The van der Waals surface area contributed by atoms with Crippen molar-refractivity contribution >= 4 is 34.5 Å². The first-order valence-electron chi connectivity index (χ1n) is 17.0. The van der Waals surface area contributed by atoms with Crippen LogP contribution in [0, 0.1) is 11.7 Å². The second-order valence-corrected chi connectivity index (χ2v) is 12.8. The summed E-state index contributed by atoms with van der Waals surface area (Å²) in [6, 6.07) is 8.48. The number of hydrogen-bond donors (Lipinski definition) is 5. The molecule has 3 aromatic rings. The van der Waals surface area contributed by atoms with Crippen LogP contribution in [0.25, 0.3) is 10.9 Å². The van der Waals surface area contributed by atoms with E-state index in [9.17, 15) is 36.7 Å². The summed E-state index contributed by atoms with van der Waals surface area (Å²) in [6.07, 6.45) is -4.51. The van der Waals surface area contributed by atoms with Crippen LogP contribution in [0.2, 0.25) is 0 Å². The number of nitrogens with one attached hydrogen (secondary N) is 5. The highest BCUT2D eigenvalue weighted by Crippen LogP contribution is 2.40. The molecule has 14 heteroatoms. The Morgan fingerprint density at radius 3 is 2.36 bits per heavy atom. The van der Waals surface area contributed by atoms with Gasteiger partial charge in [-0.05, 0) is 55.1 Å². The van der Waals surface area contributed by atoms with Gasteiger partial charge in [0.15, 0.2) is 0 Å². The number of amides is 4. The summed E-state index contributed by atoms with van der Waals surface area (Å²) in [5.74, 6) is -3.37. The summed E-state index contributed by atoms with van der Waals surface area (Å²) >= 11 is 0. The number of aromatic nitrogens is 1. The Morgan fingerprint density at radius 1 is 0.980 bits per heavy atom. The van der Waals surface area contributed by atoms with E-state index in [0.29, 0.717) is 30.8 Å². The first kappa shape index (κ1) is 38.3. The third kappa shape index (κ3) is 9.01. The second-order valence-electron chi connectivity index (χ2n) is 12.8. The summed E-state index contributed by atoms with van der Waals surface area (Å²) in [4.78, 5) is 58.9. The molecule has 272 valence electrons. The van der Waals surface area contributed by atoms with E-state index in [0.717, 1.165) is 19.2 Å². The van der Waals surface area contributed by atoms with Crippen molar-refractivity contribution in [2.24, 2.45) is 5.92 Å². The highest BCUT2D eigenvalue weighted by atomic mass is 19.4. The van der Waals surface area contributed by atoms with Crippen molar-refractivity contribution in [1.82, 2.24) is 31.2 Å². The Hall–Kier alpha value is -4.46. The highest BCUT2D eigenvalue weighted by molar-refractivity contribution is 5.98. The molecule has 1 aliphatic rings. The van der Waals surface area contributed by atoms with Crippen LogP contribution in [0.5, 0.6) is 0 Å². The molecule has 0 radical (unpaired) electrons. The Labute approximate surface area is 289 Å². The van der Waals surface area contributed by atoms with Gasteiger partial charge in [-0.2, -0.15) is 13.2 Å². The van der Waals surface area contributed by atoms with Crippen LogP contribution in [0.15, 0.2) is 42.5 Å². The van der Waals surface area contributed by atoms with Gasteiger partial charge in [0, 0.05) is 30.6 Å². The van der Waals surface area contributed by atoms with Crippen LogP contribution >= 0.6 is 0 Å². The number of carbonyl (C=O) groups excluding carboxylic acids is 4. The number of benzene rings is 2. The molecule has 1 aromatic heterocycles. The lowest BCUT2D eigenvalue weighted by atomic mass is 9.78. The maximum absolute atomic E-state index is 14.3. The molecule has 10 nitrogen and oxygen atoms in total. The van der Waals surface area contributed by atoms with Gasteiger partial charge in [-0.1, -0.05) is 64.4 Å². The molecule has 4 rings (SSSR count). The topological polar surface area (TPSA) is 135 Å². The van der Waals surface area contributed by atoms with Crippen molar-refractivity contribution in [3.8, 4) is 0 Å². The van der Waals surface area contributed by atoms with Crippen molar-refractivity contribution < 1.29 is 36.7 Å². The molecule has 5 N–H and O–H groups in total. The fourth-order valence-corrected chi connectivity index (χ4v) is 6.40. The second kappa shape index (κ2) is 16.5. The number of rotatable bonds is 15. The third-order valence-electron chi connectivity index (χ3n) is 9.59. The van der Waals surface area contributed by atoms with Crippen LogP contribution < -0.4 is 21.3 Å². The molecule has 2 aromatic carbocycles. The van der Waals surface area contributed by atoms with Crippen LogP contribution in [-0.4, -0.2) is 77.8 Å². The minimum atomic E-state index is -4.63. The van der Waals surface area contributed by atoms with E-state index in [1.54, 1.807) is 13.0 Å². The number of para-hydroxylation sites is 1. The lowest BCUT2D eigenvalue weighted by molar-refractivity contribution is -0.137. The van der Waals surface area contributed by atoms with Gasteiger partial charge < -0.3 is 31.2 Å². The zero-order valence-electron chi connectivity index (χ0n) is 28.9. The van der Waals surface area contributed by atoms with E-state index in [2.05, 4.69) is 31.2 Å². The summed E-state index contributed by atoms with van der Waals surface area (Å²) in [5, 5.41) is 11.2. The summed E-state index contributed by atoms with van der Waals surface area (Å²) in [5.41, 5.74) is -1.52. The predicted molar refractivity (Wildman–Crippen MR) is 181 cm³/mol. The Kier molecular flexibility index (Phi) is 12.7. The summed E-state index contributed by atoms with van der Waals surface area (Å²) in [7, 11) is 0. The van der Waals surface area contributed by atoms with Crippen LogP contribution in [0.3, 0.4) is 0 Å². The van der Waals surface area contributed by atoms with Gasteiger partial charge in [0.1, 0.15) is 17.4 Å². The minimum Gasteiger partial charge on any atom is -0.358 e. The third-order valence-corrected chi connectivity index (χ3v) is 9.59. The average Bonchev–Trinajstić information content (AvgIpc) is 3.45. The van der Waals surface area contributed by atoms with Gasteiger partial charge >= 0.3 is 6.18 Å². The van der Waals surface area contributed by atoms with Gasteiger partial charge in [0.2, 0.25) is 23.6 Å². The molecule has 0 saturated carbocycles. The first-order chi connectivity index (χ1) is 23.7. The Morgan fingerprint density at radius 2 is 1.70 bits per heavy atom. The van der Waals surface area contributed by atoms with Crippen molar-refractivity contribution in [2.45, 2.75) is 77.6 Å². The molecule has 1 aliphatic carbocycles. The maximum atomic E-state index is 14.3. The van der Waals surface area contributed by atoms with E-state index >= 15 is 0 Å². The van der Waals surface area contributed by atoms with Crippen molar-refractivity contribution in [3.05, 3.63) is 70.7 Å². The number of fused-ring (bicyclic) bond motifs is 3. The van der Waals surface area contributed by atoms with Crippen LogP contribution in [0.1, 0.15) is 62.9 Å². The normalized spacial score (nSPS) is 17.1. The van der Waals surface area contributed by atoms with Gasteiger partial charge in [0.05, 0.1) is 24.0 Å². The zero-order chi connectivity index (χ0) is 36.6. The molecule has 2 unspecified atom stereocenters. The van der Waals surface area contributed by atoms with Gasteiger partial charge in [-0.3, -0.25) is 19.2 Å². The number of likely N-dealkylation sites (N-methyl/N-ethyl adjacent to an activating group) is 1. The van der Waals surface area contributed by atoms with E-state index in [-0.39, 0.29) is 48.7 Å². The fraction of sp³-hybridized carbons (Fsp3) is 0.500. The lowest BCUT2D eigenvalue weighted by Gasteiger charge is -2.38. The molecular weight excluding hydrogens is 656 g/mol. The highest BCUT2D eigenvalue weighted by Gasteiger charge is 2.46. The Balaban J connectivity index is 1.61. The molecule has 0 saturated heterocycles. The molecule has 4 amide bonds. The van der Waals surface area contributed by atoms with E-state index in [1.165, 1.54) is 30.3 Å².